The minimum atomic E-state index is -0.304. The number of halogens is 1. The number of nitrogens with zero attached hydrogens (tertiary/aromatic N) is 3. The molecule has 0 saturated carbocycles. The molecule has 1 amide bonds. The number of hydrazone groups is 1. The van der Waals surface area contributed by atoms with Gasteiger partial charge < -0.3 is 9.47 Å². The molecule has 0 radical (unpaired) electrons. The zero-order valence-corrected chi connectivity index (χ0v) is 25.0. The third-order valence-electron chi connectivity index (χ3n) is 6.52. The lowest BCUT2D eigenvalue weighted by Crippen LogP contribution is -2.24. The second kappa shape index (κ2) is 11.9. The van der Waals surface area contributed by atoms with Crippen molar-refractivity contribution in [1.29, 1.82) is 0 Å². The molecule has 0 unspecified atom stereocenters. The highest BCUT2D eigenvalue weighted by Gasteiger charge is 2.23. The third kappa shape index (κ3) is 5.75. The molecule has 2 aromatic heterocycles. The quantitative estimate of drug-likeness (QED) is 0.116. The van der Waals surface area contributed by atoms with E-state index in [4.69, 9.17) is 14.5 Å². The summed E-state index contributed by atoms with van der Waals surface area (Å²) in [6, 6.07) is 13.0. The number of amides is 1. The number of fused-ring (bicyclic) bond motifs is 3. The molecule has 11 heteroatoms. The molecule has 1 aliphatic rings. The van der Waals surface area contributed by atoms with E-state index in [9.17, 15) is 9.59 Å². The molecule has 0 saturated heterocycles. The zero-order chi connectivity index (χ0) is 27.5. The minimum Gasteiger partial charge on any atom is -0.493 e. The van der Waals surface area contributed by atoms with Crippen LogP contribution in [0.3, 0.4) is 0 Å². The second-order valence-electron chi connectivity index (χ2n) is 8.99. The van der Waals surface area contributed by atoms with Crippen molar-refractivity contribution in [2.45, 2.75) is 37.8 Å². The Hall–Kier alpha value is -3.15. The van der Waals surface area contributed by atoms with Crippen molar-refractivity contribution in [2.75, 3.05) is 20.0 Å². The lowest BCUT2D eigenvalue weighted by molar-refractivity contribution is -0.118. The fourth-order valence-electron chi connectivity index (χ4n) is 4.54. The Kier molecular flexibility index (Phi) is 8.39. The van der Waals surface area contributed by atoms with E-state index in [1.807, 2.05) is 30.3 Å². The van der Waals surface area contributed by atoms with Gasteiger partial charge in [-0.1, -0.05) is 27.7 Å². The van der Waals surface area contributed by atoms with Crippen LogP contribution in [0.5, 0.6) is 11.5 Å². The van der Waals surface area contributed by atoms with Crippen LogP contribution in [0.25, 0.3) is 15.9 Å². The van der Waals surface area contributed by atoms with Crippen LogP contribution < -0.4 is 20.5 Å². The van der Waals surface area contributed by atoms with Gasteiger partial charge in [-0.05, 0) is 80.6 Å². The van der Waals surface area contributed by atoms with E-state index in [2.05, 4.69) is 26.5 Å². The maximum atomic E-state index is 13.8. The highest BCUT2D eigenvalue weighted by molar-refractivity contribution is 9.10. The van der Waals surface area contributed by atoms with Crippen LogP contribution in [0, 0.1) is 0 Å². The SMILES string of the molecule is COc1ccc(C(C)=NNC(=O)CSc2nc3sc4c(c3c(=O)n2-c2ccc(Br)cc2)CCCC4)cc1OC. The van der Waals surface area contributed by atoms with E-state index in [1.54, 1.807) is 49.2 Å². The van der Waals surface area contributed by atoms with E-state index < -0.39 is 0 Å². The van der Waals surface area contributed by atoms with Crippen LogP contribution in [0.4, 0.5) is 0 Å². The topological polar surface area (TPSA) is 94.8 Å². The Balaban J connectivity index is 1.40. The standard InChI is InChI=1S/C28H27BrN4O4S2/c1-16(17-8-13-21(36-2)22(14-17)37-3)31-32-24(34)15-38-28-30-26-25(20-6-4-5-7-23(20)39-26)27(35)33(28)19-11-9-18(29)10-12-19/h8-14H,4-7,15H2,1-3H3,(H,32,34). The molecule has 2 heterocycles. The van der Waals surface area contributed by atoms with Crippen LogP contribution in [0.2, 0.25) is 0 Å². The number of hydrogen-bond donors (Lipinski definition) is 1. The van der Waals surface area contributed by atoms with Crippen LogP contribution >= 0.6 is 39.0 Å². The Morgan fingerprint density at radius 2 is 1.87 bits per heavy atom. The third-order valence-corrected chi connectivity index (χ3v) is 9.18. The molecule has 0 bridgehead atoms. The van der Waals surface area contributed by atoms with Crippen molar-refractivity contribution >= 4 is 60.9 Å². The largest absolute Gasteiger partial charge is 0.493 e. The van der Waals surface area contributed by atoms with Gasteiger partial charge in [-0.15, -0.1) is 11.3 Å². The molecule has 0 aliphatic heterocycles. The summed E-state index contributed by atoms with van der Waals surface area (Å²) in [4.78, 5) is 33.5. The first-order valence-electron chi connectivity index (χ1n) is 12.4. The summed E-state index contributed by atoms with van der Waals surface area (Å²) >= 11 is 6.28. The lowest BCUT2D eigenvalue weighted by atomic mass is 9.97. The Morgan fingerprint density at radius 3 is 2.62 bits per heavy atom. The van der Waals surface area contributed by atoms with Gasteiger partial charge in [0.25, 0.3) is 11.5 Å². The molecular formula is C28H27BrN4O4S2. The monoisotopic (exact) mass is 626 g/mol. The lowest BCUT2D eigenvalue weighted by Gasteiger charge is -2.13. The van der Waals surface area contributed by atoms with Crippen LogP contribution in [0.1, 0.15) is 35.8 Å². The molecule has 8 nitrogen and oxygen atoms in total. The van der Waals surface area contributed by atoms with Gasteiger partial charge in [-0.3, -0.25) is 14.2 Å². The zero-order valence-electron chi connectivity index (χ0n) is 21.7. The maximum Gasteiger partial charge on any atom is 0.267 e. The van der Waals surface area contributed by atoms with E-state index in [0.29, 0.717) is 33.4 Å². The number of nitrogens with one attached hydrogen (secondary N) is 1. The van der Waals surface area contributed by atoms with Gasteiger partial charge in [0, 0.05) is 14.9 Å². The molecule has 2 aromatic carbocycles. The summed E-state index contributed by atoms with van der Waals surface area (Å²) in [5, 5.41) is 5.44. The summed E-state index contributed by atoms with van der Waals surface area (Å²) in [5.41, 5.74) is 5.77. The molecule has 1 N–H and O–H groups in total. The Bertz CT molecular complexity index is 1630. The highest BCUT2D eigenvalue weighted by atomic mass is 79.9. The van der Waals surface area contributed by atoms with E-state index in [1.165, 1.54) is 16.6 Å². The van der Waals surface area contributed by atoms with Crippen LogP contribution in [-0.4, -0.2) is 41.1 Å². The van der Waals surface area contributed by atoms with Gasteiger partial charge in [0.2, 0.25) is 0 Å². The average Bonchev–Trinajstić information content (AvgIpc) is 3.33. The first-order chi connectivity index (χ1) is 18.9. The summed E-state index contributed by atoms with van der Waals surface area (Å²) in [7, 11) is 3.14. The van der Waals surface area contributed by atoms with Crippen LogP contribution in [-0.2, 0) is 17.6 Å². The fourth-order valence-corrected chi connectivity index (χ4v) is 6.91. The number of aryl methyl sites for hydroxylation is 2. The number of ether oxygens (including phenoxy) is 2. The van der Waals surface area contributed by atoms with E-state index in [-0.39, 0.29) is 17.2 Å². The number of thiophene rings is 1. The number of carbonyl (C=O) groups excluding carboxylic acids is 1. The summed E-state index contributed by atoms with van der Waals surface area (Å²) in [6.45, 7) is 1.80. The van der Waals surface area contributed by atoms with E-state index in [0.717, 1.165) is 46.1 Å². The number of carbonyl (C=O) groups is 1. The normalized spacial score (nSPS) is 13.3. The fraction of sp³-hybridized carbons (Fsp3) is 0.286. The molecule has 1 aliphatic carbocycles. The van der Waals surface area contributed by atoms with Crippen LogP contribution in [0.15, 0.2) is 62.0 Å². The van der Waals surface area contributed by atoms with Crippen molar-refractivity contribution in [3.8, 4) is 17.2 Å². The van der Waals surface area contributed by atoms with Crippen molar-refractivity contribution in [3.63, 3.8) is 0 Å². The molecule has 0 spiro atoms. The number of thioether (sulfide) groups is 1. The predicted octanol–water partition coefficient (Wildman–Crippen LogP) is 5.74. The Labute approximate surface area is 242 Å². The van der Waals surface area contributed by atoms with Crippen molar-refractivity contribution < 1.29 is 14.3 Å². The molecule has 202 valence electrons. The highest BCUT2D eigenvalue weighted by Crippen LogP contribution is 2.35. The molecule has 4 aromatic rings. The number of rotatable bonds is 8. The van der Waals surface area contributed by atoms with Gasteiger partial charge in [0.15, 0.2) is 16.7 Å². The molecule has 5 rings (SSSR count). The van der Waals surface area contributed by atoms with E-state index >= 15 is 0 Å². The van der Waals surface area contributed by atoms with Gasteiger partial charge in [0.1, 0.15) is 4.83 Å². The van der Waals surface area contributed by atoms with Gasteiger partial charge in [0.05, 0.1) is 36.8 Å². The number of benzene rings is 2. The summed E-state index contributed by atoms with van der Waals surface area (Å²) in [6.07, 6.45) is 4.09. The van der Waals surface area contributed by atoms with Crippen molar-refractivity contribution in [2.24, 2.45) is 5.10 Å². The summed E-state index contributed by atoms with van der Waals surface area (Å²) in [5.74, 6) is 0.931. The minimum absolute atomic E-state index is 0.0439. The number of hydrogen-bond acceptors (Lipinski definition) is 8. The first-order valence-corrected chi connectivity index (χ1v) is 15.0. The second-order valence-corrected chi connectivity index (χ2v) is 11.9. The molecule has 0 fully saturated rings. The maximum absolute atomic E-state index is 13.8. The van der Waals surface area contributed by atoms with Gasteiger partial charge in [-0.25, -0.2) is 10.4 Å². The number of aromatic nitrogens is 2. The number of methoxy groups -OCH3 is 2. The van der Waals surface area contributed by atoms with Crippen molar-refractivity contribution in [1.82, 2.24) is 15.0 Å². The van der Waals surface area contributed by atoms with Gasteiger partial charge in [-0.2, -0.15) is 5.10 Å². The average molecular weight is 628 g/mol. The van der Waals surface area contributed by atoms with Crippen molar-refractivity contribution in [3.05, 3.63) is 73.3 Å². The molecule has 39 heavy (non-hydrogen) atoms. The smallest absolute Gasteiger partial charge is 0.267 e. The predicted molar refractivity (Wildman–Crippen MR) is 160 cm³/mol. The Morgan fingerprint density at radius 1 is 1.13 bits per heavy atom. The first kappa shape index (κ1) is 27.4. The van der Waals surface area contributed by atoms with Gasteiger partial charge >= 0.3 is 0 Å². The molecule has 0 atom stereocenters. The molecular weight excluding hydrogens is 600 g/mol. The summed E-state index contributed by atoms with van der Waals surface area (Å²) < 4.78 is 13.2.